The molecule has 0 unspecified atom stereocenters. The van der Waals surface area contributed by atoms with E-state index in [2.05, 4.69) is 5.10 Å². The van der Waals surface area contributed by atoms with Crippen LogP contribution in [0.2, 0.25) is 0 Å². The summed E-state index contributed by atoms with van der Waals surface area (Å²) in [6.07, 6.45) is 8.49. The predicted octanol–water partition coefficient (Wildman–Crippen LogP) is 4.26. The fourth-order valence-electron chi connectivity index (χ4n) is 3.97. The van der Waals surface area contributed by atoms with Crippen molar-refractivity contribution in [1.29, 1.82) is 0 Å². The van der Waals surface area contributed by atoms with E-state index in [0.717, 1.165) is 41.6 Å². The summed E-state index contributed by atoms with van der Waals surface area (Å²) in [6.45, 7) is 0.521. The number of carbonyl (C=O) groups excluding carboxylic acids is 1. The summed E-state index contributed by atoms with van der Waals surface area (Å²) in [7, 11) is 0. The Morgan fingerprint density at radius 1 is 1.07 bits per heavy atom. The van der Waals surface area contributed by atoms with Gasteiger partial charge in [0.1, 0.15) is 12.4 Å². The lowest BCUT2D eigenvalue weighted by Crippen LogP contribution is -2.18. The van der Waals surface area contributed by atoms with Gasteiger partial charge in [0.25, 0.3) is 0 Å². The zero-order valence-corrected chi connectivity index (χ0v) is 16.9. The average molecular weight is 401 g/mol. The average Bonchev–Trinajstić information content (AvgIpc) is 3.22. The van der Waals surface area contributed by atoms with Gasteiger partial charge in [0.15, 0.2) is 0 Å². The summed E-state index contributed by atoms with van der Waals surface area (Å²) in [5, 5.41) is 15.4. The SMILES string of the molecule is O=C([O-])/C=C/c1cc(C2CCCCC2)n(-c2ccc(OCc3ccccc3)cc2)n1. The number of rotatable bonds is 7. The Kier molecular flexibility index (Phi) is 6.28. The second-order valence-electron chi connectivity index (χ2n) is 7.66. The lowest BCUT2D eigenvalue weighted by molar-refractivity contribution is -0.297. The van der Waals surface area contributed by atoms with E-state index in [1.54, 1.807) is 0 Å². The predicted molar refractivity (Wildman–Crippen MR) is 114 cm³/mol. The molecule has 0 amide bonds. The molecule has 5 heteroatoms. The highest BCUT2D eigenvalue weighted by atomic mass is 16.5. The molecule has 5 nitrogen and oxygen atoms in total. The highest BCUT2D eigenvalue weighted by Crippen LogP contribution is 2.34. The van der Waals surface area contributed by atoms with Crippen LogP contribution >= 0.6 is 0 Å². The van der Waals surface area contributed by atoms with Crippen LogP contribution < -0.4 is 9.84 Å². The van der Waals surface area contributed by atoms with Gasteiger partial charge in [0.05, 0.1) is 17.4 Å². The molecule has 1 aromatic heterocycles. The van der Waals surface area contributed by atoms with Gasteiger partial charge in [-0.2, -0.15) is 5.10 Å². The number of nitrogens with zero attached hydrogens (tertiary/aromatic N) is 2. The minimum absolute atomic E-state index is 0.436. The van der Waals surface area contributed by atoms with Crippen LogP contribution in [0.5, 0.6) is 5.75 Å². The van der Waals surface area contributed by atoms with E-state index in [1.165, 1.54) is 25.3 Å². The summed E-state index contributed by atoms with van der Waals surface area (Å²) >= 11 is 0. The van der Waals surface area contributed by atoms with Crippen molar-refractivity contribution in [2.24, 2.45) is 0 Å². The quantitative estimate of drug-likeness (QED) is 0.555. The smallest absolute Gasteiger partial charge is 0.119 e. The zero-order chi connectivity index (χ0) is 20.8. The van der Waals surface area contributed by atoms with Crippen molar-refractivity contribution in [2.45, 2.75) is 44.6 Å². The van der Waals surface area contributed by atoms with Gasteiger partial charge in [0, 0.05) is 11.6 Å². The van der Waals surface area contributed by atoms with Gasteiger partial charge in [-0.25, -0.2) is 4.68 Å². The zero-order valence-electron chi connectivity index (χ0n) is 16.9. The summed E-state index contributed by atoms with van der Waals surface area (Å²) in [5.41, 5.74) is 3.82. The molecule has 0 saturated heterocycles. The van der Waals surface area contributed by atoms with Crippen LogP contribution in [0.4, 0.5) is 0 Å². The van der Waals surface area contributed by atoms with Crippen LogP contribution in [0, 0.1) is 0 Å². The van der Waals surface area contributed by atoms with Crippen molar-refractivity contribution in [3.8, 4) is 11.4 Å². The van der Waals surface area contributed by atoms with E-state index in [-0.39, 0.29) is 0 Å². The Morgan fingerprint density at radius 3 is 2.50 bits per heavy atom. The third-order valence-electron chi connectivity index (χ3n) is 5.50. The molecule has 4 rings (SSSR count). The van der Waals surface area contributed by atoms with Crippen molar-refractivity contribution in [3.63, 3.8) is 0 Å². The summed E-state index contributed by atoms with van der Waals surface area (Å²) < 4.78 is 7.82. The van der Waals surface area contributed by atoms with E-state index < -0.39 is 5.97 Å². The summed E-state index contributed by atoms with van der Waals surface area (Å²) in [6, 6.07) is 19.9. The van der Waals surface area contributed by atoms with Gasteiger partial charge < -0.3 is 14.6 Å². The van der Waals surface area contributed by atoms with Crippen LogP contribution in [0.25, 0.3) is 11.8 Å². The van der Waals surface area contributed by atoms with Gasteiger partial charge >= 0.3 is 0 Å². The fraction of sp³-hybridized carbons (Fsp3) is 0.280. The van der Waals surface area contributed by atoms with Crippen molar-refractivity contribution in [2.75, 3.05) is 0 Å². The number of carboxylic acids is 1. The van der Waals surface area contributed by atoms with Crippen molar-refractivity contribution >= 4 is 12.0 Å². The second-order valence-corrected chi connectivity index (χ2v) is 7.66. The van der Waals surface area contributed by atoms with E-state index in [4.69, 9.17) is 4.74 Å². The number of aromatic nitrogens is 2. The Balaban J connectivity index is 1.56. The molecule has 0 spiro atoms. The Labute approximate surface area is 176 Å². The number of hydrogen-bond acceptors (Lipinski definition) is 4. The van der Waals surface area contributed by atoms with Crippen molar-refractivity contribution in [1.82, 2.24) is 9.78 Å². The maximum Gasteiger partial charge on any atom is 0.119 e. The van der Waals surface area contributed by atoms with Crippen LogP contribution in [0.1, 0.15) is 55.0 Å². The van der Waals surface area contributed by atoms with Crippen LogP contribution in [-0.4, -0.2) is 15.7 Å². The Bertz CT molecular complexity index is 1000. The van der Waals surface area contributed by atoms with Gasteiger partial charge in [-0.05, 0) is 60.9 Å². The molecule has 0 atom stereocenters. The first-order valence-corrected chi connectivity index (χ1v) is 10.5. The normalized spacial score (nSPS) is 14.8. The third kappa shape index (κ3) is 4.98. The van der Waals surface area contributed by atoms with Gasteiger partial charge in [-0.3, -0.25) is 0 Å². The summed E-state index contributed by atoms with van der Waals surface area (Å²) in [4.78, 5) is 10.8. The van der Waals surface area contributed by atoms with Crippen molar-refractivity contribution in [3.05, 3.63) is 83.7 Å². The molecular formula is C25H25N2O3-. The maximum atomic E-state index is 10.8. The molecule has 0 N–H and O–H groups in total. The lowest BCUT2D eigenvalue weighted by Gasteiger charge is -2.22. The molecule has 0 aliphatic heterocycles. The molecule has 1 fully saturated rings. The van der Waals surface area contributed by atoms with Crippen molar-refractivity contribution < 1.29 is 14.6 Å². The minimum atomic E-state index is -1.22. The first-order chi connectivity index (χ1) is 14.7. The number of carbonyl (C=O) groups is 1. The Hall–Kier alpha value is -3.34. The second kappa shape index (κ2) is 9.44. The monoisotopic (exact) mass is 401 g/mol. The molecule has 1 aliphatic carbocycles. The molecule has 3 aromatic rings. The van der Waals surface area contributed by atoms with E-state index in [1.807, 2.05) is 65.3 Å². The first-order valence-electron chi connectivity index (χ1n) is 10.5. The lowest BCUT2D eigenvalue weighted by atomic mass is 9.86. The summed E-state index contributed by atoms with van der Waals surface area (Å²) in [5.74, 6) is 0.0140. The maximum absolute atomic E-state index is 10.8. The topological polar surface area (TPSA) is 67.2 Å². The number of hydrogen-bond donors (Lipinski definition) is 0. The first kappa shape index (κ1) is 20.0. The van der Waals surface area contributed by atoms with Crippen LogP contribution in [-0.2, 0) is 11.4 Å². The number of ether oxygens (including phenoxy) is 1. The molecule has 30 heavy (non-hydrogen) atoms. The van der Waals surface area contributed by atoms with Crippen LogP contribution in [0.3, 0.4) is 0 Å². The molecule has 0 radical (unpaired) electrons. The largest absolute Gasteiger partial charge is 0.545 e. The molecule has 2 aromatic carbocycles. The number of benzene rings is 2. The van der Waals surface area contributed by atoms with E-state index >= 15 is 0 Å². The number of carboxylic acid groups (broad SMARTS) is 1. The minimum Gasteiger partial charge on any atom is -0.545 e. The molecular weight excluding hydrogens is 376 g/mol. The van der Waals surface area contributed by atoms with Gasteiger partial charge in [0.2, 0.25) is 0 Å². The van der Waals surface area contributed by atoms with Gasteiger partial charge in [-0.15, -0.1) is 0 Å². The third-order valence-corrected chi connectivity index (χ3v) is 5.50. The molecule has 1 heterocycles. The highest BCUT2D eigenvalue weighted by Gasteiger charge is 2.21. The fourth-order valence-corrected chi connectivity index (χ4v) is 3.97. The molecule has 0 bridgehead atoms. The van der Waals surface area contributed by atoms with E-state index in [0.29, 0.717) is 18.2 Å². The molecule has 154 valence electrons. The molecule has 1 aliphatic rings. The molecule has 1 saturated carbocycles. The highest BCUT2D eigenvalue weighted by molar-refractivity contribution is 5.83. The van der Waals surface area contributed by atoms with E-state index in [9.17, 15) is 9.90 Å². The number of aliphatic carboxylic acids is 1. The Morgan fingerprint density at radius 2 is 1.80 bits per heavy atom. The van der Waals surface area contributed by atoms with Gasteiger partial charge in [-0.1, -0.05) is 49.6 Å². The van der Waals surface area contributed by atoms with Crippen LogP contribution in [0.15, 0.2) is 66.7 Å². The standard InChI is InChI=1S/C25H26N2O3/c28-25(29)16-11-21-17-24(20-9-5-2-6-10-20)27(26-21)22-12-14-23(15-13-22)30-18-19-7-3-1-4-8-19/h1,3-4,7-8,11-17,20H,2,5-6,9-10,18H2,(H,28,29)/p-1/b16-11+.